The smallest absolute Gasteiger partial charge is 0.293 e. The van der Waals surface area contributed by atoms with E-state index in [0.717, 1.165) is 35.4 Å². The summed E-state index contributed by atoms with van der Waals surface area (Å²) in [6, 6.07) is 3.56. The van der Waals surface area contributed by atoms with E-state index in [1.54, 1.807) is 35.4 Å². The summed E-state index contributed by atoms with van der Waals surface area (Å²) in [6.07, 6.45) is 9.47. The number of thiazole rings is 1. The Morgan fingerprint density at radius 3 is 3.14 bits per heavy atom. The predicted octanol–water partition coefficient (Wildman–Crippen LogP) is 4.92. The number of fused-ring (bicyclic) bond motifs is 1. The fourth-order valence-electron chi connectivity index (χ4n) is 3.51. The summed E-state index contributed by atoms with van der Waals surface area (Å²) in [6.45, 7) is 2.24. The van der Waals surface area contributed by atoms with Gasteiger partial charge in [0.2, 0.25) is 0 Å². The molecule has 0 saturated heterocycles. The van der Waals surface area contributed by atoms with Crippen molar-refractivity contribution in [3.8, 4) is 0 Å². The van der Waals surface area contributed by atoms with E-state index in [0.29, 0.717) is 16.6 Å². The summed E-state index contributed by atoms with van der Waals surface area (Å²) in [5.41, 5.74) is 1.15. The minimum absolute atomic E-state index is 0.246. The zero-order valence-corrected chi connectivity index (χ0v) is 17.7. The van der Waals surface area contributed by atoms with Crippen LogP contribution in [0.3, 0.4) is 0 Å². The lowest BCUT2D eigenvalue weighted by Gasteiger charge is -2.19. The van der Waals surface area contributed by atoms with Crippen LogP contribution in [0, 0.1) is 5.92 Å². The molecule has 3 aromatic rings. The van der Waals surface area contributed by atoms with Crippen molar-refractivity contribution in [3.05, 3.63) is 46.6 Å². The van der Waals surface area contributed by atoms with E-state index < -0.39 is 0 Å². The van der Waals surface area contributed by atoms with Crippen LogP contribution >= 0.6 is 23.1 Å². The van der Waals surface area contributed by atoms with E-state index in [9.17, 15) is 4.79 Å². The number of carbonyl (C=O) groups is 1. The molecular formula is C20H24N4O2S2. The molecule has 0 aromatic carbocycles. The first-order valence-electron chi connectivity index (χ1n) is 9.61. The van der Waals surface area contributed by atoms with E-state index in [1.165, 1.54) is 24.1 Å². The van der Waals surface area contributed by atoms with Crippen molar-refractivity contribution in [1.29, 1.82) is 0 Å². The van der Waals surface area contributed by atoms with Gasteiger partial charge in [-0.05, 0) is 37.3 Å². The molecule has 3 aromatic heterocycles. The van der Waals surface area contributed by atoms with Gasteiger partial charge in [-0.1, -0.05) is 31.5 Å². The van der Waals surface area contributed by atoms with Gasteiger partial charge in [0.05, 0.1) is 11.4 Å². The fraction of sp³-hybridized carbons (Fsp3) is 0.450. The maximum absolute atomic E-state index is 12.5. The second-order valence-electron chi connectivity index (χ2n) is 7.12. The van der Waals surface area contributed by atoms with Crippen molar-refractivity contribution in [2.75, 3.05) is 5.32 Å². The number of rotatable bonds is 7. The number of nitrogens with zero attached hydrogens (tertiary/aromatic N) is 3. The topological polar surface area (TPSA) is 73.0 Å². The number of thioether (sulfide) groups is 1. The van der Waals surface area contributed by atoms with Gasteiger partial charge in [0.25, 0.3) is 5.91 Å². The number of aromatic nitrogens is 3. The number of nitrogens with one attached hydrogen (secondary N) is 1. The Bertz CT molecular complexity index is 959. The monoisotopic (exact) mass is 416 g/mol. The van der Waals surface area contributed by atoms with Crippen LogP contribution in [0.25, 0.3) is 0 Å². The standard InChI is InChI=1S/C20H24N4O2S2/c1-3-4-13-5-7-15-17(11-13)28-19(22-15)23-18(25)16-8-6-14(26-16)12-27-20-21-9-10-24(20)2/h6,8-10,13H,3-5,7,11-12H2,1-2H3,(H,22,23,25). The molecule has 0 radical (unpaired) electrons. The van der Waals surface area contributed by atoms with Gasteiger partial charge in [0.15, 0.2) is 16.0 Å². The number of anilines is 1. The van der Waals surface area contributed by atoms with Crippen LogP contribution in [-0.4, -0.2) is 20.4 Å². The molecule has 1 aliphatic rings. The molecule has 1 atom stereocenters. The van der Waals surface area contributed by atoms with Crippen molar-refractivity contribution >= 4 is 34.1 Å². The highest BCUT2D eigenvalue weighted by atomic mass is 32.2. The Morgan fingerprint density at radius 1 is 1.46 bits per heavy atom. The first kappa shape index (κ1) is 19.3. The zero-order valence-electron chi connectivity index (χ0n) is 16.1. The van der Waals surface area contributed by atoms with Crippen LogP contribution in [0.1, 0.15) is 53.1 Å². The average Bonchev–Trinajstić information content (AvgIpc) is 3.39. The van der Waals surface area contributed by atoms with Crippen molar-refractivity contribution in [2.24, 2.45) is 13.0 Å². The van der Waals surface area contributed by atoms with Crippen molar-refractivity contribution < 1.29 is 9.21 Å². The van der Waals surface area contributed by atoms with E-state index in [-0.39, 0.29) is 5.91 Å². The summed E-state index contributed by atoms with van der Waals surface area (Å²) >= 11 is 3.18. The second kappa shape index (κ2) is 8.53. The lowest BCUT2D eigenvalue weighted by Crippen LogP contribution is -2.12. The Kier molecular flexibility index (Phi) is 5.87. The van der Waals surface area contributed by atoms with Gasteiger partial charge in [-0.2, -0.15) is 0 Å². The number of carbonyl (C=O) groups excluding carboxylic acids is 1. The van der Waals surface area contributed by atoms with Crippen LogP contribution in [-0.2, 0) is 25.6 Å². The third-order valence-corrected chi connectivity index (χ3v) is 7.08. The van der Waals surface area contributed by atoms with Gasteiger partial charge in [0, 0.05) is 24.3 Å². The maximum atomic E-state index is 12.5. The predicted molar refractivity (Wildman–Crippen MR) is 112 cm³/mol. The molecule has 28 heavy (non-hydrogen) atoms. The summed E-state index contributed by atoms with van der Waals surface area (Å²) in [4.78, 5) is 22.8. The molecule has 4 rings (SSSR count). The highest BCUT2D eigenvalue weighted by molar-refractivity contribution is 7.98. The van der Waals surface area contributed by atoms with E-state index in [2.05, 4.69) is 22.2 Å². The molecule has 0 saturated carbocycles. The van der Waals surface area contributed by atoms with Gasteiger partial charge in [0.1, 0.15) is 5.76 Å². The van der Waals surface area contributed by atoms with Crippen LogP contribution in [0.4, 0.5) is 5.13 Å². The van der Waals surface area contributed by atoms with Gasteiger partial charge < -0.3 is 8.98 Å². The van der Waals surface area contributed by atoms with Crippen LogP contribution in [0.15, 0.2) is 34.1 Å². The summed E-state index contributed by atoms with van der Waals surface area (Å²) < 4.78 is 7.67. The van der Waals surface area contributed by atoms with E-state index >= 15 is 0 Å². The highest BCUT2D eigenvalue weighted by Crippen LogP contribution is 2.34. The molecule has 1 unspecified atom stereocenters. The fourth-order valence-corrected chi connectivity index (χ4v) is 5.46. The number of imidazole rings is 1. The third kappa shape index (κ3) is 4.33. The largest absolute Gasteiger partial charge is 0.455 e. The molecule has 0 fully saturated rings. The SMILES string of the molecule is CCCC1CCc2nc(NC(=O)c3ccc(CSc4nccn4C)o3)sc2C1. The molecule has 3 heterocycles. The summed E-state index contributed by atoms with van der Waals surface area (Å²) in [7, 11) is 1.95. The molecule has 1 N–H and O–H groups in total. The lowest BCUT2D eigenvalue weighted by atomic mass is 9.88. The zero-order chi connectivity index (χ0) is 19.5. The molecule has 1 aliphatic carbocycles. The number of amides is 1. The number of furan rings is 1. The van der Waals surface area contributed by atoms with Gasteiger partial charge in [-0.3, -0.25) is 10.1 Å². The molecule has 148 valence electrons. The molecule has 0 aliphatic heterocycles. The molecule has 8 heteroatoms. The normalized spacial score (nSPS) is 16.1. The summed E-state index contributed by atoms with van der Waals surface area (Å²) in [5.74, 6) is 2.20. The average molecular weight is 417 g/mol. The van der Waals surface area contributed by atoms with Gasteiger partial charge in [-0.25, -0.2) is 9.97 Å². The van der Waals surface area contributed by atoms with Gasteiger partial charge in [-0.15, -0.1) is 11.3 Å². The van der Waals surface area contributed by atoms with Crippen molar-refractivity contribution in [3.63, 3.8) is 0 Å². The second-order valence-corrected chi connectivity index (χ2v) is 9.14. The molecule has 0 bridgehead atoms. The lowest BCUT2D eigenvalue weighted by molar-refractivity contribution is 0.0995. The number of aryl methyl sites for hydroxylation is 2. The highest BCUT2D eigenvalue weighted by Gasteiger charge is 2.23. The Hall–Kier alpha value is -2.06. The first-order chi connectivity index (χ1) is 13.6. The minimum Gasteiger partial charge on any atom is -0.455 e. The third-order valence-electron chi connectivity index (χ3n) is 4.97. The Morgan fingerprint density at radius 2 is 2.36 bits per heavy atom. The Labute approximate surface area is 172 Å². The summed E-state index contributed by atoms with van der Waals surface area (Å²) in [5, 5.41) is 4.49. The number of hydrogen-bond donors (Lipinski definition) is 1. The van der Waals surface area contributed by atoms with Crippen LogP contribution in [0.2, 0.25) is 0 Å². The molecular weight excluding hydrogens is 392 g/mol. The molecule has 1 amide bonds. The van der Waals surface area contributed by atoms with Crippen molar-refractivity contribution in [2.45, 2.75) is 49.9 Å². The molecule has 6 nitrogen and oxygen atoms in total. The first-order valence-corrected chi connectivity index (χ1v) is 11.4. The van der Waals surface area contributed by atoms with Crippen LogP contribution in [0.5, 0.6) is 0 Å². The van der Waals surface area contributed by atoms with E-state index in [4.69, 9.17) is 4.42 Å². The number of hydrogen-bond acceptors (Lipinski definition) is 6. The van der Waals surface area contributed by atoms with Crippen molar-refractivity contribution in [1.82, 2.24) is 14.5 Å². The minimum atomic E-state index is -0.246. The quantitative estimate of drug-likeness (QED) is 0.554. The Balaban J connectivity index is 1.36. The van der Waals surface area contributed by atoms with E-state index in [1.807, 2.05) is 23.9 Å². The maximum Gasteiger partial charge on any atom is 0.293 e. The van der Waals surface area contributed by atoms with Crippen LogP contribution < -0.4 is 5.32 Å². The van der Waals surface area contributed by atoms with Gasteiger partial charge >= 0.3 is 0 Å². The molecule has 0 spiro atoms.